The normalized spacial score (nSPS) is 11.1. The lowest BCUT2D eigenvalue weighted by atomic mass is 10.1. The molecular formula is C23H19N5O. The molecule has 142 valence electrons. The van der Waals surface area contributed by atoms with E-state index in [2.05, 4.69) is 15.6 Å². The standard InChI is InChI=1S/C23H19N5O/c1-29-20-14-8-5-11-17(20)15-24-22-18-12-6-7-13-19(18)28-23(25-22)21(26-27-28)16-9-3-2-4-10-16/h2-14H,15H2,1H3,(H,24,25). The highest BCUT2D eigenvalue weighted by Crippen LogP contribution is 2.28. The maximum atomic E-state index is 5.47. The molecule has 0 aliphatic rings. The molecule has 0 radical (unpaired) electrons. The topological polar surface area (TPSA) is 64.3 Å². The van der Waals surface area contributed by atoms with E-state index in [4.69, 9.17) is 9.72 Å². The summed E-state index contributed by atoms with van der Waals surface area (Å²) in [5, 5.41) is 13.2. The van der Waals surface area contributed by atoms with Crippen molar-refractivity contribution in [2.75, 3.05) is 12.4 Å². The number of benzene rings is 3. The zero-order chi connectivity index (χ0) is 19.6. The number of hydrogen-bond acceptors (Lipinski definition) is 5. The molecule has 0 unspecified atom stereocenters. The van der Waals surface area contributed by atoms with E-state index in [1.165, 1.54) is 0 Å². The molecule has 6 heteroatoms. The van der Waals surface area contributed by atoms with E-state index in [1.807, 2.05) is 78.9 Å². The fourth-order valence-corrected chi connectivity index (χ4v) is 3.51. The van der Waals surface area contributed by atoms with E-state index in [-0.39, 0.29) is 0 Å². The van der Waals surface area contributed by atoms with Gasteiger partial charge >= 0.3 is 0 Å². The monoisotopic (exact) mass is 381 g/mol. The summed E-state index contributed by atoms with van der Waals surface area (Å²) in [6.07, 6.45) is 0. The minimum atomic E-state index is 0.597. The maximum Gasteiger partial charge on any atom is 0.186 e. The van der Waals surface area contributed by atoms with E-state index >= 15 is 0 Å². The number of nitrogens with one attached hydrogen (secondary N) is 1. The van der Waals surface area contributed by atoms with Crippen LogP contribution in [-0.4, -0.2) is 26.9 Å². The Bertz CT molecular complexity index is 1300. The van der Waals surface area contributed by atoms with Crippen LogP contribution in [0.3, 0.4) is 0 Å². The third-order valence-corrected chi connectivity index (χ3v) is 4.94. The number of para-hydroxylation sites is 2. The fraction of sp³-hybridized carbons (Fsp3) is 0.0870. The Morgan fingerprint density at radius 3 is 2.52 bits per heavy atom. The number of aromatic nitrogens is 4. The molecule has 0 saturated heterocycles. The quantitative estimate of drug-likeness (QED) is 0.483. The largest absolute Gasteiger partial charge is 0.496 e. The Labute approximate surface area is 167 Å². The van der Waals surface area contributed by atoms with E-state index < -0.39 is 0 Å². The van der Waals surface area contributed by atoms with Crippen LogP contribution in [0.1, 0.15) is 5.56 Å². The third-order valence-electron chi connectivity index (χ3n) is 4.94. The zero-order valence-corrected chi connectivity index (χ0v) is 15.9. The van der Waals surface area contributed by atoms with Crippen LogP contribution in [0.25, 0.3) is 27.8 Å². The molecule has 0 bridgehead atoms. The first kappa shape index (κ1) is 17.2. The molecule has 0 aliphatic heterocycles. The number of hydrogen-bond donors (Lipinski definition) is 1. The molecule has 0 amide bonds. The molecule has 0 spiro atoms. The summed E-state index contributed by atoms with van der Waals surface area (Å²) in [6.45, 7) is 0.597. The number of ether oxygens (including phenoxy) is 1. The highest BCUT2D eigenvalue weighted by Gasteiger charge is 2.15. The molecule has 5 aromatic rings. The first-order valence-corrected chi connectivity index (χ1v) is 9.40. The highest BCUT2D eigenvalue weighted by atomic mass is 16.5. The summed E-state index contributed by atoms with van der Waals surface area (Å²) < 4.78 is 7.27. The molecule has 2 heterocycles. The SMILES string of the molecule is COc1ccccc1CNc1nc2c(-c3ccccc3)nnn2c2ccccc12. The van der Waals surface area contributed by atoms with E-state index in [1.54, 1.807) is 11.6 Å². The van der Waals surface area contributed by atoms with Crippen LogP contribution >= 0.6 is 0 Å². The van der Waals surface area contributed by atoms with Gasteiger partial charge in [-0.2, -0.15) is 4.52 Å². The van der Waals surface area contributed by atoms with Gasteiger partial charge in [-0.3, -0.25) is 0 Å². The lowest BCUT2D eigenvalue weighted by molar-refractivity contribution is 0.410. The molecule has 29 heavy (non-hydrogen) atoms. The van der Waals surface area contributed by atoms with Gasteiger partial charge in [0.25, 0.3) is 0 Å². The summed E-state index contributed by atoms with van der Waals surface area (Å²) >= 11 is 0. The van der Waals surface area contributed by atoms with Crippen molar-refractivity contribution in [1.29, 1.82) is 0 Å². The number of anilines is 1. The van der Waals surface area contributed by atoms with E-state index in [0.29, 0.717) is 6.54 Å². The second-order valence-corrected chi connectivity index (χ2v) is 6.68. The van der Waals surface area contributed by atoms with Crippen molar-refractivity contribution in [1.82, 2.24) is 19.8 Å². The average Bonchev–Trinajstić information content (AvgIpc) is 3.22. The van der Waals surface area contributed by atoms with Crippen molar-refractivity contribution in [3.05, 3.63) is 84.4 Å². The summed E-state index contributed by atoms with van der Waals surface area (Å²) in [5.41, 5.74) is 4.49. The second-order valence-electron chi connectivity index (χ2n) is 6.68. The van der Waals surface area contributed by atoms with E-state index in [9.17, 15) is 0 Å². The van der Waals surface area contributed by atoms with Crippen LogP contribution in [0.15, 0.2) is 78.9 Å². The number of nitrogens with zero attached hydrogens (tertiary/aromatic N) is 4. The molecule has 5 rings (SSSR count). The molecule has 3 aromatic carbocycles. The molecule has 6 nitrogen and oxygen atoms in total. The van der Waals surface area contributed by atoms with Crippen LogP contribution in [0.5, 0.6) is 5.75 Å². The van der Waals surface area contributed by atoms with Gasteiger partial charge in [0, 0.05) is 23.1 Å². The summed E-state index contributed by atoms with van der Waals surface area (Å²) in [5.74, 6) is 1.64. The Morgan fingerprint density at radius 2 is 1.66 bits per heavy atom. The first-order chi connectivity index (χ1) is 14.3. The minimum Gasteiger partial charge on any atom is -0.496 e. The van der Waals surface area contributed by atoms with Crippen LogP contribution in [-0.2, 0) is 6.54 Å². The Hall–Kier alpha value is -3.93. The van der Waals surface area contributed by atoms with Crippen molar-refractivity contribution in [2.45, 2.75) is 6.54 Å². The van der Waals surface area contributed by atoms with Gasteiger partial charge in [0.05, 0.1) is 12.6 Å². The maximum absolute atomic E-state index is 5.47. The van der Waals surface area contributed by atoms with Crippen molar-refractivity contribution >= 4 is 22.4 Å². The van der Waals surface area contributed by atoms with Gasteiger partial charge in [-0.25, -0.2) is 4.98 Å². The van der Waals surface area contributed by atoms with Gasteiger partial charge in [-0.05, 0) is 18.2 Å². The smallest absolute Gasteiger partial charge is 0.186 e. The van der Waals surface area contributed by atoms with Gasteiger partial charge in [-0.1, -0.05) is 65.9 Å². The summed E-state index contributed by atoms with van der Waals surface area (Å²) in [7, 11) is 1.68. The number of fused-ring (bicyclic) bond motifs is 3. The molecule has 1 N–H and O–H groups in total. The molecule has 0 fully saturated rings. The molecule has 0 saturated carbocycles. The second kappa shape index (κ2) is 7.24. The third kappa shape index (κ3) is 3.04. The van der Waals surface area contributed by atoms with Gasteiger partial charge in [0.2, 0.25) is 0 Å². The van der Waals surface area contributed by atoms with Gasteiger partial charge in [-0.15, -0.1) is 5.10 Å². The molecule has 2 aromatic heterocycles. The number of methoxy groups -OCH3 is 1. The van der Waals surface area contributed by atoms with Crippen LogP contribution in [0, 0.1) is 0 Å². The zero-order valence-electron chi connectivity index (χ0n) is 15.9. The van der Waals surface area contributed by atoms with Crippen LogP contribution < -0.4 is 10.1 Å². The van der Waals surface area contributed by atoms with Crippen LogP contribution in [0.2, 0.25) is 0 Å². The summed E-state index contributed by atoms with van der Waals surface area (Å²) in [6, 6.07) is 26.0. The molecule has 0 atom stereocenters. The first-order valence-electron chi connectivity index (χ1n) is 9.40. The van der Waals surface area contributed by atoms with E-state index in [0.717, 1.165) is 44.9 Å². The lowest BCUT2D eigenvalue weighted by Gasteiger charge is -2.12. The van der Waals surface area contributed by atoms with Crippen molar-refractivity contribution in [3.63, 3.8) is 0 Å². The van der Waals surface area contributed by atoms with Gasteiger partial charge in [0.1, 0.15) is 17.3 Å². The molecular weight excluding hydrogens is 362 g/mol. The highest BCUT2D eigenvalue weighted by molar-refractivity contribution is 5.93. The Balaban J connectivity index is 1.63. The number of rotatable bonds is 5. The van der Waals surface area contributed by atoms with Crippen molar-refractivity contribution in [3.8, 4) is 17.0 Å². The molecule has 0 aliphatic carbocycles. The lowest BCUT2D eigenvalue weighted by Crippen LogP contribution is -2.06. The predicted molar refractivity (Wildman–Crippen MR) is 114 cm³/mol. The van der Waals surface area contributed by atoms with Crippen LogP contribution in [0.4, 0.5) is 5.82 Å². The Kier molecular flexibility index (Phi) is 4.29. The summed E-state index contributed by atoms with van der Waals surface area (Å²) in [4.78, 5) is 4.90. The van der Waals surface area contributed by atoms with Gasteiger partial charge in [0.15, 0.2) is 5.65 Å². The predicted octanol–water partition coefficient (Wildman–Crippen LogP) is 4.57. The fourth-order valence-electron chi connectivity index (χ4n) is 3.51. The Morgan fingerprint density at radius 1 is 0.897 bits per heavy atom. The van der Waals surface area contributed by atoms with Crippen molar-refractivity contribution in [2.24, 2.45) is 0 Å². The average molecular weight is 381 g/mol. The minimum absolute atomic E-state index is 0.597. The van der Waals surface area contributed by atoms with Crippen molar-refractivity contribution < 1.29 is 4.74 Å². The van der Waals surface area contributed by atoms with Gasteiger partial charge < -0.3 is 10.1 Å².